The molecule has 7 nitrogen and oxygen atoms in total. The molecule has 2 heterocycles. The second-order valence-corrected chi connectivity index (χ2v) is 6.58. The predicted octanol–water partition coefficient (Wildman–Crippen LogP) is 3.84. The highest BCUT2D eigenvalue weighted by Crippen LogP contribution is 2.26. The zero-order valence-corrected chi connectivity index (χ0v) is 15.2. The predicted molar refractivity (Wildman–Crippen MR) is 96.5 cm³/mol. The fourth-order valence-corrected chi connectivity index (χ4v) is 3.02. The molecule has 1 atom stereocenters. The van der Waals surface area contributed by atoms with E-state index in [4.69, 9.17) is 0 Å². The second-order valence-electron chi connectivity index (χ2n) is 5.66. The van der Waals surface area contributed by atoms with Gasteiger partial charge >= 0.3 is 0 Å². The van der Waals surface area contributed by atoms with Crippen LogP contribution in [0.3, 0.4) is 0 Å². The molecule has 1 aromatic carbocycles. The van der Waals surface area contributed by atoms with E-state index in [-0.39, 0.29) is 28.8 Å². The number of aromatic nitrogens is 2. The summed E-state index contributed by atoms with van der Waals surface area (Å²) in [6.07, 6.45) is 1.58. The van der Waals surface area contributed by atoms with Crippen molar-refractivity contribution in [3.8, 4) is 0 Å². The topological polar surface area (TPSA) is 80.8 Å². The van der Waals surface area contributed by atoms with E-state index in [1.54, 1.807) is 18.1 Å². The van der Waals surface area contributed by atoms with Crippen LogP contribution in [0.1, 0.15) is 29.0 Å². The van der Waals surface area contributed by atoms with Crippen molar-refractivity contribution in [3.63, 3.8) is 0 Å². The molecule has 128 valence electrons. The average Bonchev–Trinajstić information content (AvgIpc) is 3.03. The lowest BCUT2D eigenvalue weighted by atomic mass is 10.1. The molecule has 0 saturated carbocycles. The molecular weight excluding hydrogens is 388 g/mol. The minimum absolute atomic E-state index is 0.111. The standard InChI is InChI=1S/C17H15BrN4O3/c1-11(12-6-4-3-5-7-12)20(2)17(23)14-9-15-16(22(24)25)8-13(18)10-21(15)19-14/h3-11H,1-2H3. The van der Waals surface area contributed by atoms with Crippen molar-refractivity contribution in [3.05, 3.63) is 74.5 Å². The highest BCUT2D eigenvalue weighted by atomic mass is 79.9. The third kappa shape index (κ3) is 3.25. The summed E-state index contributed by atoms with van der Waals surface area (Å²) in [4.78, 5) is 25.1. The number of pyridine rings is 1. The Morgan fingerprint density at radius 2 is 2.00 bits per heavy atom. The van der Waals surface area contributed by atoms with Gasteiger partial charge < -0.3 is 4.90 Å². The van der Waals surface area contributed by atoms with E-state index in [0.29, 0.717) is 4.47 Å². The lowest BCUT2D eigenvalue weighted by molar-refractivity contribution is -0.383. The Morgan fingerprint density at radius 3 is 2.64 bits per heavy atom. The third-order valence-corrected chi connectivity index (χ3v) is 4.55. The van der Waals surface area contributed by atoms with Crippen molar-refractivity contribution >= 4 is 33.0 Å². The van der Waals surface area contributed by atoms with Crippen LogP contribution < -0.4 is 0 Å². The minimum Gasteiger partial charge on any atom is -0.334 e. The number of carbonyl (C=O) groups is 1. The SMILES string of the molecule is CC(c1ccccc1)N(C)C(=O)c1cc2c([N+](=O)[O-])cc(Br)cn2n1. The van der Waals surface area contributed by atoms with Crippen molar-refractivity contribution in [1.82, 2.24) is 14.5 Å². The normalized spacial score (nSPS) is 12.1. The Labute approximate surface area is 152 Å². The first-order chi connectivity index (χ1) is 11.9. The average molecular weight is 403 g/mol. The first-order valence-electron chi connectivity index (χ1n) is 7.54. The number of carbonyl (C=O) groups excluding carboxylic acids is 1. The van der Waals surface area contributed by atoms with Crippen molar-refractivity contribution in [2.45, 2.75) is 13.0 Å². The summed E-state index contributed by atoms with van der Waals surface area (Å²) in [5, 5.41) is 15.4. The van der Waals surface area contributed by atoms with Crippen molar-refractivity contribution in [2.75, 3.05) is 7.05 Å². The molecule has 0 spiro atoms. The third-order valence-electron chi connectivity index (χ3n) is 4.12. The summed E-state index contributed by atoms with van der Waals surface area (Å²) in [5.41, 5.74) is 1.32. The Morgan fingerprint density at radius 1 is 1.32 bits per heavy atom. The highest BCUT2D eigenvalue weighted by Gasteiger charge is 2.24. The Hall–Kier alpha value is -2.74. The van der Waals surface area contributed by atoms with Gasteiger partial charge in [-0.2, -0.15) is 5.10 Å². The number of nitro groups is 1. The largest absolute Gasteiger partial charge is 0.334 e. The number of hydrogen-bond acceptors (Lipinski definition) is 4. The van der Waals surface area contributed by atoms with Gasteiger partial charge in [0.05, 0.1) is 11.0 Å². The maximum Gasteiger partial charge on any atom is 0.296 e. The zero-order chi connectivity index (χ0) is 18.1. The van der Waals surface area contributed by atoms with Gasteiger partial charge in [-0.15, -0.1) is 0 Å². The number of fused-ring (bicyclic) bond motifs is 1. The van der Waals surface area contributed by atoms with Crippen LogP contribution >= 0.6 is 15.9 Å². The van der Waals surface area contributed by atoms with Crippen LogP contribution in [0.5, 0.6) is 0 Å². The van der Waals surface area contributed by atoms with E-state index >= 15 is 0 Å². The van der Waals surface area contributed by atoms with E-state index in [0.717, 1.165) is 5.56 Å². The molecule has 1 amide bonds. The second kappa shape index (κ2) is 6.64. The summed E-state index contributed by atoms with van der Waals surface area (Å²) >= 11 is 3.22. The van der Waals surface area contributed by atoms with Crippen LogP contribution in [0.2, 0.25) is 0 Å². The molecule has 0 aliphatic rings. The monoisotopic (exact) mass is 402 g/mol. The molecule has 0 radical (unpaired) electrons. The molecule has 0 fully saturated rings. The van der Waals surface area contributed by atoms with Gasteiger partial charge in [0.25, 0.3) is 11.6 Å². The first-order valence-corrected chi connectivity index (χ1v) is 8.33. The summed E-state index contributed by atoms with van der Waals surface area (Å²) in [7, 11) is 1.69. The van der Waals surface area contributed by atoms with Crippen molar-refractivity contribution in [1.29, 1.82) is 0 Å². The van der Waals surface area contributed by atoms with Gasteiger partial charge in [0.2, 0.25) is 0 Å². The Balaban J connectivity index is 1.97. The quantitative estimate of drug-likeness (QED) is 0.490. The number of benzene rings is 1. The van der Waals surface area contributed by atoms with Crippen molar-refractivity contribution in [2.24, 2.45) is 0 Å². The highest BCUT2D eigenvalue weighted by molar-refractivity contribution is 9.10. The zero-order valence-electron chi connectivity index (χ0n) is 13.6. The molecule has 0 aliphatic heterocycles. The molecule has 0 saturated heterocycles. The first kappa shape index (κ1) is 17.1. The van der Waals surface area contributed by atoms with Crippen LogP contribution in [-0.2, 0) is 0 Å². The van der Waals surface area contributed by atoms with Crippen LogP contribution in [0.4, 0.5) is 5.69 Å². The molecule has 3 aromatic rings. The number of rotatable bonds is 4. The van der Waals surface area contributed by atoms with Gasteiger partial charge in [-0.1, -0.05) is 30.3 Å². The number of nitrogens with zero attached hydrogens (tertiary/aromatic N) is 4. The van der Waals surface area contributed by atoms with Gasteiger partial charge in [0.15, 0.2) is 5.69 Å². The van der Waals surface area contributed by atoms with Gasteiger partial charge in [-0.25, -0.2) is 4.52 Å². The smallest absolute Gasteiger partial charge is 0.296 e. The van der Waals surface area contributed by atoms with Crippen LogP contribution in [0, 0.1) is 10.1 Å². The van der Waals surface area contributed by atoms with E-state index < -0.39 is 4.92 Å². The fourth-order valence-electron chi connectivity index (χ4n) is 2.61. The molecule has 0 bridgehead atoms. The summed E-state index contributed by atoms with van der Waals surface area (Å²) in [6, 6.07) is 12.3. The van der Waals surface area contributed by atoms with Gasteiger partial charge in [0, 0.05) is 29.8 Å². The lowest BCUT2D eigenvalue weighted by Gasteiger charge is -2.24. The van der Waals surface area contributed by atoms with Crippen LogP contribution in [0.25, 0.3) is 5.52 Å². The number of amides is 1. The molecule has 25 heavy (non-hydrogen) atoms. The molecule has 0 N–H and O–H groups in total. The summed E-state index contributed by atoms with van der Waals surface area (Å²) in [6.45, 7) is 1.92. The number of hydrogen-bond donors (Lipinski definition) is 0. The van der Waals surface area contributed by atoms with Gasteiger partial charge in [-0.05, 0) is 28.4 Å². The maximum absolute atomic E-state index is 12.8. The Kier molecular flexibility index (Phi) is 4.54. The van der Waals surface area contributed by atoms with E-state index in [1.807, 2.05) is 37.3 Å². The molecule has 3 rings (SSSR count). The summed E-state index contributed by atoms with van der Waals surface area (Å²) in [5.74, 6) is -0.300. The summed E-state index contributed by atoms with van der Waals surface area (Å²) < 4.78 is 1.86. The molecular formula is C17H15BrN4O3. The van der Waals surface area contributed by atoms with Gasteiger partial charge in [0.1, 0.15) is 5.52 Å². The Bertz CT molecular complexity index is 955. The van der Waals surface area contributed by atoms with Crippen molar-refractivity contribution < 1.29 is 9.72 Å². The van der Waals surface area contributed by atoms with Crippen LogP contribution in [0.15, 0.2) is 53.1 Å². The van der Waals surface area contributed by atoms with Crippen LogP contribution in [-0.4, -0.2) is 32.4 Å². The van der Waals surface area contributed by atoms with Gasteiger partial charge in [-0.3, -0.25) is 14.9 Å². The van der Waals surface area contributed by atoms with E-state index in [9.17, 15) is 14.9 Å². The fraction of sp³-hybridized carbons (Fsp3) is 0.176. The molecule has 0 aliphatic carbocycles. The molecule has 1 unspecified atom stereocenters. The number of halogens is 1. The maximum atomic E-state index is 12.8. The van der Waals surface area contributed by atoms with E-state index in [2.05, 4.69) is 21.0 Å². The van der Waals surface area contributed by atoms with E-state index in [1.165, 1.54) is 16.6 Å². The minimum atomic E-state index is -0.494. The molecule has 2 aromatic heterocycles. The molecule has 8 heteroatoms. The lowest BCUT2D eigenvalue weighted by Crippen LogP contribution is -2.30.